The molecule has 0 aliphatic heterocycles. The van der Waals surface area contributed by atoms with Gasteiger partial charge in [-0.3, -0.25) is 0 Å². The molecule has 0 unspecified atom stereocenters. The van der Waals surface area contributed by atoms with E-state index in [0.717, 1.165) is 12.8 Å². The van der Waals surface area contributed by atoms with Crippen molar-refractivity contribution < 1.29 is 46.1 Å². The third kappa shape index (κ3) is 6.49. The van der Waals surface area contributed by atoms with Crippen LogP contribution in [0.1, 0.15) is 85.0 Å². The molecule has 0 atom stereocenters. The zero-order valence-electron chi connectivity index (χ0n) is 25.5. The molecule has 216 valence electrons. The Bertz CT molecular complexity index is 1580. The van der Waals surface area contributed by atoms with Crippen LogP contribution in [0.25, 0.3) is 16.7 Å². The summed E-state index contributed by atoms with van der Waals surface area (Å²) in [4.78, 5) is 0. The van der Waals surface area contributed by atoms with E-state index in [9.17, 15) is 0 Å². The van der Waals surface area contributed by atoms with Crippen molar-refractivity contribution in [3.05, 3.63) is 132 Å². The number of thiophene rings is 1. The summed E-state index contributed by atoms with van der Waals surface area (Å²) in [6, 6.07) is 28.2. The molecule has 0 nitrogen and oxygen atoms in total. The molecule has 6 rings (SSSR count). The first-order valence-corrected chi connectivity index (χ1v) is 19.6. The smallest absolute Gasteiger partial charge is 1.00 e. The van der Waals surface area contributed by atoms with E-state index in [-0.39, 0.29) is 35.6 Å². The molecule has 0 saturated carbocycles. The normalized spacial score (nSPS) is 14.4. The standard InChI is InChI=1S/C21H25.C9H7S.C8H8.2ClH.Zr/c1-20(2,3)16-7-9-18-14(12-16)11-15-13-17(21(4,5)6)8-10-19(15)18;1-2-4-8(3-1)9-5-6-10-7-9;1-2-8-6-4-3-5-7-8;;;/h7-13H,1-6H3;1,3,5-7H,2H2;1,3-7H,2H2;2*1H;/q;;;;;+2/p-2. The average molecular weight is 691 g/mol. The SMILES string of the molecule is CC(C)(C)c1ccc2c(c1)[CH](/[Zr+2](=[CH]\Cc1ccccc1)[C]1=C(c3ccsc3)C=CC1)c1cc(C(C)(C)C)ccc1-2.[Cl-].[Cl-]. The number of hydrogen-bond acceptors (Lipinski definition) is 1. The topological polar surface area (TPSA) is 0 Å². The van der Waals surface area contributed by atoms with Gasteiger partial charge < -0.3 is 24.8 Å². The molecule has 42 heavy (non-hydrogen) atoms. The van der Waals surface area contributed by atoms with E-state index in [0.29, 0.717) is 3.63 Å². The van der Waals surface area contributed by atoms with Crippen LogP contribution < -0.4 is 24.8 Å². The Labute approximate surface area is 277 Å². The third-order valence-corrected chi connectivity index (χ3v) is 16.8. The Morgan fingerprint density at radius 2 is 1.38 bits per heavy atom. The van der Waals surface area contributed by atoms with Gasteiger partial charge in [0.05, 0.1) is 0 Å². The second-order valence-corrected chi connectivity index (χ2v) is 20.3. The molecular formula is C38H40Cl2SZr. The van der Waals surface area contributed by atoms with Crippen LogP contribution in [-0.4, -0.2) is 3.71 Å². The maximum Gasteiger partial charge on any atom is -1.00 e. The van der Waals surface area contributed by atoms with E-state index < -0.39 is 21.3 Å². The van der Waals surface area contributed by atoms with Crippen LogP contribution >= 0.6 is 11.3 Å². The third-order valence-electron chi connectivity index (χ3n) is 8.57. The Morgan fingerprint density at radius 1 is 0.786 bits per heavy atom. The van der Waals surface area contributed by atoms with Crippen molar-refractivity contribution in [1.29, 1.82) is 0 Å². The second kappa shape index (κ2) is 13.0. The van der Waals surface area contributed by atoms with Gasteiger partial charge in [0.25, 0.3) is 0 Å². The van der Waals surface area contributed by atoms with Crippen molar-refractivity contribution in [2.24, 2.45) is 0 Å². The van der Waals surface area contributed by atoms with Gasteiger partial charge >= 0.3 is 254 Å². The van der Waals surface area contributed by atoms with Gasteiger partial charge in [0.2, 0.25) is 0 Å². The van der Waals surface area contributed by atoms with E-state index in [2.05, 4.69) is 141 Å². The van der Waals surface area contributed by atoms with Crippen LogP contribution in [0.15, 0.2) is 99.0 Å². The molecule has 0 N–H and O–H groups in total. The van der Waals surface area contributed by atoms with Gasteiger partial charge in [0, 0.05) is 0 Å². The van der Waals surface area contributed by atoms with Gasteiger partial charge in [-0.2, -0.15) is 0 Å². The van der Waals surface area contributed by atoms with Gasteiger partial charge in [-0.1, -0.05) is 0 Å². The molecule has 1 aromatic heterocycles. The first kappa shape index (κ1) is 33.1. The minimum absolute atomic E-state index is 0. The maximum atomic E-state index is 2.82. The minimum Gasteiger partial charge on any atom is -1.00 e. The summed E-state index contributed by atoms with van der Waals surface area (Å²) >= 11 is -0.632. The zero-order valence-corrected chi connectivity index (χ0v) is 30.3. The predicted molar refractivity (Wildman–Crippen MR) is 172 cm³/mol. The van der Waals surface area contributed by atoms with Crippen LogP contribution in [0.3, 0.4) is 0 Å². The van der Waals surface area contributed by atoms with Crippen molar-refractivity contribution in [3.8, 4) is 11.1 Å². The minimum atomic E-state index is -2.44. The predicted octanol–water partition coefficient (Wildman–Crippen LogP) is 4.46. The average Bonchev–Trinajstić information content (AvgIpc) is 3.68. The number of benzene rings is 3. The van der Waals surface area contributed by atoms with Crippen molar-refractivity contribution in [2.45, 2.75) is 68.8 Å². The Balaban J connectivity index is 0.00000202. The van der Waals surface area contributed by atoms with Gasteiger partial charge in [-0.05, 0) is 0 Å². The van der Waals surface area contributed by atoms with Crippen LogP contribution in [-0.2, 0) is 38.5 Å². The summed E-state index contributed by atoms with van der Waals surface area (Å²) in [6.07, 6.45) is 6.99. The Hall–Kier alpha value is -1.83. The summed E-state index contributed by atoms with van der Waals surface area (Å²) in [7, 11) is 0. The molecule has 2 aliphatic rings. The Kier molecular flexibility index (Phi) is 10.3. The van der Waals surface area contributed by atoms with Crippen LogP contribution in [0.2, 0.25) is 0 Å². The molecule has 0 amide bonds. The van der Waals surface area contributed by atoms with Crippen molar-refractivity contribution in [1.82, 2.24) is 0 Å². The molecular weight excluding hydrogens is 651 g/mol. The van der Waals surface area contributed by atoms with Gasteiger partial charge in [0.15, 0.2) is 0 Å². The van der Waals surface area contributed by atoms with E-state index >= 15 is 0 Å². The van der Waals surface area contributed by atoms with Crippen molar-refractivity contribution in [3.63, 3.8) is 0 Å². The fourth-order valence-electron chi connectivity index (χ4n) is 6.25. The number of fused-ring (bicyclic) bond motifs is 3. The molecule has 0 saturated heterocycles. The van der Waals surface area contributed by atoms with E-state index in [4.69, 9.17) is 0 Å². The molecule has 1 heterocycles. The van der Waals surface area contributed by atoms with Crippen LogP contribution in [0.5, 0.6) is 0 Å². The van der Waals surface area contributed by atoms with Crippen molar-refractivity contribution >= 4 is 20.6 Å². The Morgan fingerprint density at radius 3 is 1.90 bits per heavy atom. The van der Waals surface area contributed by atoms with Gasteiger partial charge in [0.1, 0.15) is 0 Å². The van der Waals surface area contributed by atoms with Crippen LogP contribution in [0.4, 0.5) is 0 Å². The molecule has 4 aromatic rings. The summed E-state index contributed by atoms with van der Waals surface area (Å²) < 4.78 is 5.07. The van der Waals surface area contributed by atoms with Crippen molar-refractivity contribution in [2.75, 3.05) is 0 Å². The number of allylic oxidation sites excluding steroid dienone is 4. The molecule has 2 aliphatic carbocycles. The molecule has 0 spiro atoms. The maximum absolute atomic E-state index is 2.82. The number of halogens is 2. The van der Waals surface area contributed by atoms with Crippen LogP contribution in [0, 0.1) is 0 Å². The number of rotatable bonds is 5. The summed E-state index contributed by atoms with van der Waals surface area (Å²) in [5.41, 5.74) is 13.6. The monoisotopic (exact) mass is 688 g/mol. The quantitative estimate of drug-likeness (QED) is 0.291. The summed E-state index contributed by atoms with van der Waals surface area (Å²) in [6.45, 7) is 14.1. The zero-order chi connectivity index (χ0) is 28.1. The summed E-state index contributed by atoms with van der Waals surface area (Å²) in [5.74, 6) is 0. The molecule has 0 radical (unpaired) electrons. The summed E-state index contributed by atoms with van der Waals surface area (Å²) in [5, 5.41) is 4.57. The molecule has 3 aromatic carbocycles. The fraction of sp³-hybridized carbons (Fsp3) is 0.289. The first-order chi connectivity index (χ1) is 19.1. The largest absolute Gasteiger partial charge is 1.00 e. The molecule has 0 bridgehead atoms. The molecule has 0 fully saturated rings. The first-order valence-electron chi connectivity index (χ1n) is 14.6. The second-order valence-electron chi connectivity index (χ2n) is 13.4. The van der Waals surface area contributed by atoms with E-state index in [1.54, 1.807) is 14.4 Å². The fourth-order valence-corrected chi connectivity index (χ4v) is 15.1. The molecule has 4 heteroatoms. The number of hydrogen-bond donors (Lipinski definition) is 0. The van der Waals surface area contributed by atoms with Gasteiger partial charge in [-0.15, -0.1) is 0 Å². The van der Waals surface area contributed by atoms with Gasteiger partial charge in [-0.25, -0.2) is 0 Å². The van der Waals surface area contributed by atoms with E-state index in [1.807, 2.05) is 11.3 Å². The van der Waals surface area contributed by atoms with E-state index in [1.165, 1.54) is 39.0 Å².